The normalized spacial score (nSPS) is 23.0. The van der Waals surface area contributed by atoms with Crippen molar-refractivity contribution in [1.82, 2.24) is 5.32 Å². The first kappa shape index (κ1) is 17.0. The number of aryl methyl sites for hydroxylation is 1. The Kier molecular flexibility index (Phi) is 6.44. The number of hydrogen-bond acceptors (Lipinski definition) is 1. The van der Waals surface area contributed by atoms with Gasteiger partial charge in [0.1, 0.15) is 6.04 Å². The lowest BCUT2D eigenvalue weighted by Gasteiger charge is -2.29. The standard InChI is InChI=1S/C19H30N2O/c1-4-17(16-11-9-14(2)10-12-16)20-13-19(22)21-18-8-6-5-7-15(18)3/h9-12,15,17-18,20H,4-8,13H2,1-3H3,(H,21,22)/p+1/t15-,17-,18+/m0/s1. The summed E-state index contributed by atoms with van der Waals surface area (Å²) in [7, 11) is 0. The average molecular weight is 303 g/mol. The summed E-state index contributed by atoms with van der Waals surface area (Å²) in [6, 6.07) is 9.41. The lowest BCUT2D eigenvalue weighted by molar-refractivity contribution is -0.686. The van der Waals surface area contributed by atoms with E-state index in [0.29, 0.717) is 24.5 Å². The lowest BCUT2D eigenvalue weighted by Crippen LogP contribution is -2.87. The van der Waals surface area contributed by atoms with Crippen LogP contribution in [0.25, 0.3) is 0 Å². The number of hydrogen-bond donors (Lipinski definition) is 2. The van der Waals surface area contributed by atoms with Crippen LogP contribution in [0.4, 0.5) is 0 Å². The van der Waals surface area contributed by atoms with Crippen molar-refractivity contribution in [3.63, 3.8) is 0 Å². The summed E-state index contributed by atoms with van der Waals surface area (Å²) in [6.07, 6.45) is 5.98. The lowest BCUT2D eigenvalue weighted by atomic mass is 9.86. The van der Waals surface area contributed by atoms with E-state index in [4.69, 9.17) is 0 Å². The van der Waals surface area contributed by atoms with E-state index in [1.54, 1.807) is 0 Å². The molecule has 1 saturated carbocycles. The minimum atomic E-state index is 0.185. The summed E-state index contributed by atoms with van der Waals surface area (Å²) in [5.74, 6) is 0.807. The Hall–Kier alpha value is -1.35. The van der Waals surface area contributed by atoms with Crippen LogP contribution in [0.5, 0.6) is 0 Å². The summed E-state index contributed by atoms with van der Waals surface area (Å²) in [5, 5.41) is 5.41. The molecule has 3 heteroatoms. The quantitative estimate of drug-likeness (QED) is 0.834. The van der Waals surface area contributed by atoms with E-state index in [1.165, 1.54) is 30.4 Å². The molecule has 1 aromatic carbocycles. The highest BCUT2D eigenvalue weighted by Gasteiger charge is 2.23. The summed E-state index contributed by atoms with van der Waals surface area (Å²) < 4.78 is 0. The molecule has 3 atom stereocenters. The smallest absolute Gasteiger partial charge is 0.275 e. The molecule has 1 aliphatic rings. The molecule has 0 unspecified atom stereocenters. The molecule has 1 aromatic rings. The van der Waals surface area contributed by atoms with Gasteiger partial charge in [-0.2, -0.15) is 0 Å². The molecule has 1 aliphatic carbocycles. The van der Waals surface area contributed by atoms with E-state index in [2.05, 4.69) is 55.7 Å². The third kappa shape index (κ3) is 4.84. The Balaban J connectivity index is 1.82. The monoisotopic (exact) mass is 303 g/mol. The average Bonchev–Trinajstić information content (AvgIpc) is 2.52. The van der Waals surface area contributed by atoms with Crippen molar-refractivity contribution in [2.24, 2.45) is 5.92 Å². The summed E-state index contributed by atoms with van der Waals surface area (Å²) in [6.45, 7) is 7.07. The molecule has 122 valence electrons. The molecule has 0 aliphatic heterocycles. The molecule has 0 saturated heterocycles. The molecular weight excluding hydrogens is 272 g/mol. The van der Waals surface area contributed by atoms with Crippen molar-refractivity contribution in [2.45, 2.75) is 65.0 Å². The van der Waals surface area contributed by atoms with Crippen LogP contribution in [0.1, 0.15) is 63.1 Å². The van der Waals surface area contributed by atoms with Crippen LogP contribution in [0.2, 0.25) is 0 Å². The first-order valence-electron chi connectivity index (χ1n) is 8.79. The van der Waals surface area contributed by atoms with Gasteiger partial charge in [-0.3, -0.25) is 4.79 Å². The molecule has 3 nitrogen and oxygen atoms in total. The number of nitrogens with one attached hydrogen (secondary N) is 1. The Morgan fingerprint density at radius 3 is 2.59 bits per heavy atom. The molecular formula is C19H31N2O+. The number of quaternary nitrogens is 1. The number of carbonyl (C=O) groups is 1. The van der Waals surface area contributed by atoms with Gasteiger partial charge in [-0.05, 0) is 25.7 Å². The number of rotatable bonds is 6. The minimum Gasteiger partial charge on any atom is -0.348 e. The van der Waals surface area contributed by atoms with Crippen molar-refractivity contribution in [3.8, 4) is 0 Å². The summed E-state index contributed by atoms with van der Waals surface area (Å²) in [5.41, 5.74) is 2.59. The topological polar surface area (TPSA) is 45.7 Å². The molecule has 0 spiro atoms. The molecule has 1 fully saturated rings. The maximum atomic E-state index is 12.2. The third-order valence-corrected chi connectivity index (χ3v) is 4.99. The van der Waals surface area contributed by atoms with Gasteiger partial charge in [0.05, 0.1) is 0 Å². The zero-order chi connectivity index (χ0) is 15.9. The second-order valence-electron chi connectivity index (χ2n) is 6.80. The fourth-order valence-corrected chi connectivity index (χ4v) is 3.40. The van der Waals surface area contributed by atoms with E-state index in [9.17, 15) is 4.79 Å². The second-order valence-corrected chi connectivity index (χ2v) is 6.80. The first-order chi connectivity index (χ1) is 10.6. The maximum Gasteiger partial charge on any atom is 0.275 e. The van der Waals surface area contributed by atoms with Gasteiger partial charge in [0.15, 0.2) is 6.54 Å². The Bertz CT molecular complexity index is 469. The molecule has 2 rings (SSSR count). The van der Waals surface area contributed by atoms with Crippen LogP contribution in [0.15, 0.2) is 24.3 Å². The Morgan fingerprint density at radius 2 is 1.95 bits per heavy atom. The second kappa shape index (κ2) is 8.33. The number of nitrogens with two attached hydrogens (primary N) is 1. The zero-order valence-electron chi connectivity index (χ0n) is 14.3. The molecule has 0 bridgehead atoms. The molecule has 3 N–H and O–H groups in total. The number of amides is 1. The third-order valence-electron chi connectivity index (χ3n) is 4.99. The minimum absolute atomic E-state index is 0.185. The zero-order valence-corrected chi connectivity index (χ0v) is 14.3. The Morgan fingerprint density at radius 1 is 1.27 bits per heavy atom. The highest BCUT2D eigenvalue weighted by Crippen LogP contribution is 2.23. The van der Waals surface area contributed by atoms with Gasteiger partial charge in [-0.1, -0.05) is 56.5 Å². The van der Waals surface area contributed by atoms with E-state index >= 15 is 0 Å². The SMILES string of the molecule is CC[C@H]([NH2+]CC(=O)N[C@@H]1CCCC[C@@H]1C)c1ccc(C)cc1. The molecule has 22 heavy (non-hydrogen) atoms. The fraction of sp³-hybridized carbons (Fsp3) is 0.632. The van der Waals surface area contributed by atoms with Gasteiger partial charge in [0, 0.05) is 18.0 Å². The van der Waals surface area contributed by atoms with Crippen molar-refractivity contribution >= 4 is 5.91 Å². The predicted octanol–water partition coefficient (Wildman–Crippen LogP) is 2.70. The molecule has 0 radical (unpaired) electrons. The van der Waals surface area contributed by atoms with Gasteiger partial charge in [0.2, 0.25) is 0 Å². The van der Waals surface area contributed by atoms with E-state index in [0.717, 1.165) is 12.8 Å². The van der Waals surface area contributed by atoms with Crippen molar-refractivity contribution in [3.05, 3.63) is 35.4 Å². The van der Waals surface area contributed by atoms with Crippen LogP contribution >= 0.6 is 0 Å². The summed E-state index contributed by atoms with van der Waals surface area (Å²) >= 11 is 0. The number of carbonyl (C=O) groups excluding carboxylic acids is 1. The predicted molar refractivity (Wildman–Crippen MR) is 90.6 cm³/mol. The van der Waals surface area contributed by atoms with Crippen LogP contribution in [-0.2, 0) is 4.79 Å². The first-order valence-corrected chi connectivity index (χ1v) is 8.79. The van der Waals surface area contributed by atoms with Gasteiger partial charge in [-0.15, -0.1) is 0 Å². The highest BCUT2D eigenvalue weighted by atomic mass is 16.2. The van der Waals surface area contributed by atoms with Crippen LogP contribution in [-0.4, -0.2) is 18.5 Å². The van der Waals surface area contributed by atoms with Gasteiger partial charge in [0.25, 0.3) is 5.91 Å². The highest BCUT2D eigenvalue weighted by molar-refractivity contribution is 5.77. The van der Waals surface area contributed by atoms with Gasteiger partial charge in [-0.25, -0.2) is 0 Å². The van der Waals surface area contributed by atoms with Crippen LogP contribution < -0.4 is 10.6 Å². The van der Waals surface area contributed by atoms with E-state index < -0.39 is 0 Å². The van der Waals surface area contributed by atoms with Crippen LogP contribution in [0, 0.1) is 12.8 Å². The van der Waals surface area contributed by atoms with Crippen LogP contribution in [0.3, 0.4) is 0 Å². The fourth-order valence-electron chi connectivity index (χ4n) is 3.40. The van der Waals surface area contributed by atoms with Crippen molar-refractivity contribution in [1.29, 1.82) is 0 Å². The summed E-state index contributed by atoms with van der Waals surface area (Å²) in [4.78, 5) is 12.2. The van der Waals surface area contributed by atoms with E-state index in [-0.39, 0.29) is 5.91 Å². The van der Waals surface area contributed by atoms with Gasteiger partial charge < -0.3 is 10.6 Å². The number of benzene rings is 1. The maximum absolute atomic E-state index is 12.2. The van der Waals surface area contributed by atoms with E-state index in [1.807, 2.05) is 0 Å². The molecule has 0 heterocycles. The van der Waals surface area contributed by atoms with Crippen molar-refractivity contribution < 1.29 is 10.1 Å². The molecule has 0 aromatic heterocycles. The Labute approximate surface area is 134 Å². The largest absolute Gasteiger partial charge is 0.348 e. The van der Waals surface area contributed by atoms with Crippen molar-refractivity contribution in [2.75, 3.05) is 6.54 Å². The van der Waals surface area contributed by atoms with Gasteiger partial charge >= 0.3 is 0 Å². The molecule has 1 amide bonds.